The first-order valence-electron chi connectivity index (χ1n) is 12.2. The van der Waals surface area contributed by atoms with Gasteiger partial charge in [0.1, 0.15) is 0 Å². The molecule has 1 aromatic heterocycles. The van der Waals surface area contributed by atoms with Crippen LogP contribution >= 0.6 is 11.8 Å². The summed E-state index contributed by atoms with van der Waals surface area (Å²) in [7, 11) is 0. The van der Waals surface area contributed by atoms with Crippen LogP contribution in [-0.2, 0) is 20.0 Å². The minimum absolute atomic E-state index is 0.00549. The lowest BCUT2D eigenvalue weighted by Crippen LogP contribution is -2.41. The Bertz CT molecular complexity index is 1230. The van der Waals surface area contributed by atoms with Crippen LogP contribution < -0.4 is 0 Å². The minimum atomic E-state index is 0.00549. The molecular weight excluding hydrogens is 476 g/mol. The highest BCUT2D eigenvalue weighted by molar-refractivity contribution is 7.98. The van der Waals surface area contributed by atoms with Crippen LogP contribution in [0, 0.1) is 6.92 Å². The third kappa shape index (κ3) is 5.18. The van der Waals surface area contributed by atoms with E-state index >= 15 is 0 Å². The third-order valence-electron chi connectivity index (χ3n) is 6.44. The van der Waals surface area contributed by atoms with Gasteiger partial charge in [-0.1, -0.05) is 30.3 Å². The van der Waals surface area contributed by atoms with Gasteiger partial charge in [0.25, 0.3) is 5.91 Å². The predicted octanol–water partition coefficient (Wildman–Crippen LogP) is 3.40. The number of rotatable bonds is 3. The van der Waals surface area contributed by atoms with Gasteiger partial charge in [0, 0.05) is 48.0 Å². The third-order valence-corrected chi connectivity index (χ3v) is 7.54. The highest BCUT2D eigenvalue weighted by Gasteiger charge is 2.31. The van der Waals surface area contributed by atoms with E-state index in [1.54, 1.807) is 16.7 Å². The number of hydrogen-bond donors (Lipinski definition) is 0. The lowest BCUT2D eigenvalue weighted by atomic mass is 10.0. The molecule has 8 nitrogen and oxygen atoms in total. The Labute approximate surface area is 215 Å². The quantitative estimate of drug-likeness (QED) is 0.507. The molecule has 2 aromatic carbocycles. The maximum atomic E-state index is 13.3. The van der Waals surface area contributed by atoms with Crippen LogP contribution in [0.4, 0.5) is 0 Å². The summed E-state index contributed by atoms with van der Waals surface area (Å²) in [4.78, 5) is 28.1. The van der Waals surface area contributed by atoms with Gasteiger partial charge in [-0.05, 0) is 30.7 Å². The monoisotopic (exact) mass is 506 g/mol. The van der Waals surface area contributed by atoms with Crippen molar-refractivity contribution in [1.82, 2.24) is 19.6 Å². The second-order valence-corrected chi connectivity index (χ2v) is 9.89. The summed E-state index contributed by atoms with van der Waals surface area (Å²) in [5, 5.41) is 4.85. The molecule has 0 aliphatic carbocycles. The summed E-state index contributed by atoms with van der Waals surface area (Å²) >= 11 is 1.77. The molecule has 188 valence electrons. The van der Waals surface area contributed by atoms with Gasteiger partial charge in [0.15, 0.2) is 5.69 Å². The van der Waals surface area contributed by atoms with Crippen molar-refractivity contribution in [2.24, 2.45) is 0 Å². The van der Waals surface area contributed by atoms with Gasteiger partial charge in [0.05, 0.1) is 37.8 Å². The molecule has 2 saturated heterocycles. The molecule has 0 radical (unpaired) electrons. The molecule has 3 aromatic rings. The molecule has 4 heterocycles. The number of carbonyl (C=O) groups excluding carboxylic acids is 2. The second-order valence-electron chi connectivity index (χ2n) is 8.87. The molecule has 0 bridgehead atoms. The van der Waals surface area contributed by atoms with Crippen LogP contribution in [0.15, 0.2) is 53.4 Å². The molecule has 0 atom stereocenters. The van der Waals surface area contributed by atoms with Crippen molar-refractivity contribution in [3.8, 4) is 16.9 Å². The molecule has 3 aliphatic heterocycles. The van der Waals surface area contributed by atoms with Crippen molar-refractivity contribution >= 4 is 24.1 Å². The smallest absolute Gasteiger partial charge is 0.274 e. The lowest BCUT2D eigenvalue weighted by Gasteiger charge is -2.26. The van der Waals surface area contributed by atoms with Crippen molar-refractivity contribution in [3.63, 3.8) is 0 Å². The maximum absolute atomic E-state index is 13.3. The minimum Gasteiger partial charge on any atom is -0.378 e. The van der Waals surface area contributed by atoms with Crippen LogP contribution in [-0.4, -0.2) is 84.5 Å². The Hall–Kier alpha value is -3.14. The second kappa shape index (κ2) is 11.3. The zero-order valence-corrected chi connectivity index (χ0v) is 21.2. The highest BCUT2D eigenvalue weighted by Crippen LogP contribution is 2.43. The number of hydrogen-bond acceptors (Lipinski definition) is 6. The van der Waals surface area contributed by atoms with E-state index < -0.39 is 0 Å². The van der Waals surface area contributed by atoms with Crippen LogP contribution in [0.2, 0.25) is 0 Å². The van der Waals surface area contributed by atoms with Crippen molar-refractivity contribution in [1.29, 1.82) is 0 Å². The molecule has 0 unspecified atom stereocenters. The Morgan fingerprint density at radius 1 is 0.972 bits per heavy atom. The Morgan fingerprint density at radius 2 is 1.69 bits per heavy atom. The number of aromatic nitrogens is 2. The topological polar surface area (TPSA) is 76.9 Å². The summed E-state index contributed by atoms with van der Waals surface area (Å²) in [6, 6.07) is 16.6. The number of fused-ring (bicyclic) bond motifs is 3. The number of carbonyl (C=O) groups is 2. The van der Waals surface area contributed by atoms with Gasteiger partial charge >= 0.3 is 0 Å². The molecule has 6 rings (SSSR count). The predicted molar refractivity (Wildman–Crippen MR) is 138 cm³/mol. The molecule has 36 heavy (non-hydrogen) atoms. The number of amides is 2. The van der Waals surface area contributed by atoms with Gasteiger partial charge in [-0.2, -0.15) is 5.10 Å². The summed E-state index contributed by atoms with van der Waals surface area (Å²) < 4.78 is 12.4. The van der Waals surface area contributed by atoms with E-state index in [-0.39, 0.29) is 5.91 Å². The van der Waals surface area contributed by atoms with Crippen molar-refractivity contribution in [3.05, 3.63) is 65.4 Å². The molecule has 9 heteroatoms. The van der Waals surface area contributed by atoms with Crippen LogP contribution in [0.3, 0.4) is 0 Å². The largest absolute Gasteiger partial charge is 0.378 e. The number of aryl methyl sites for hydroxylation is 1. The fraction of sp³-hybridized carbons (Fsp3) is 0.370. The highest BCUT2D eigenvalue weighted by atomic mass is 32.2. The van der Waals surface area contributed by atoms with Crippen LogP contribution in [0.5, 0.6) is 0 Å². The van der Waals surface area contributed by atoms with Crippen LogP contribution in [0.25, 0.3) is 16.9 Å². The van der Waals surface area contributed by atoms with Gasteiger partial charge in [0.2, 0.25) is 6.41 Å². The van der Waals surface area contributed by atoms with Gasteiger partial charge in [-0.25, -0.2) is 4.68 Å². The number of morpholine rings is 2. The van der Waals surface area contributed by atoms with Crippen molar-refractivity contribution in [2.75, 3.05) is 52.6 Å². The van der Waals surface area contributed by atoms with E-state index in [0.29, 0.717) is 45.2 Å². The summed E-state index contributed by atoms with van der Waals surface area (Å²) in [5.41, 5.74) is 5.93. The number of ether oxygens (including phenoxy) is 2. The zero-order chi connectivity index (χ0) is 24.9. The first kappa shape index (κ1) is 24.5. The number of nitrogens with zero attached hydrogens (tertiary/aromatic N) is 4. The molecule has 3 aliphatic rings. The van der Waals surface area contributed by atoms with E-state index in [1.807, 2.05) is 27.8 Å². The lowest BCUT2D eigenvalue weighted by molar-refractivity contribution is -0.121. The molecular formula is C27H30N4O4S. The molecule has 0 saturated carbocycles. The Kier molecular flexibility index (Phi) is 7.69. The average Bonchev–Trinajstić information content (AvgIpc) is 3.34. The van der Waals surface area contributed by atoms with E-state index in [0.717, 1.165) is 47.8 Å². The Balaban J connectivity index is 0.000000286. The maximum Gasteiger partial charge on any atom is 0.274 e. The molecule has 2 fully saturated rings. The zero-order valence-electron chi connectivity index (χ0n) is 20.4. The first-order valence-corrected chi connectivity index (χ1v) is 13.2. The first-order chi connectivity index (χ1) is 17.7. The van der Waals surface area contributed by atoms with Gasteiger partial charge < -0.3 is 19.3 Å². The van der Waals surface area contributed by atoms with Crippen LogP contribution in [0.1, 0.15) is 21.6 Å². The molecule has 2 amide bonds. The van der Waals surface area contributed by atoms with E-state index in [2.05, 4.69) is 37.3 Å². The van der Waals surface area contributed by atoms with Crippen molar-refractivity contribution in [2.45, 2.75) is 17.6 Å². The summed E-state index contributed by atoms with van der Waals surface area (Å²) in [6.07, 6.45) is 0.864. The Morgan fingerprint density at radius 3 is 2.39 bits per heavy atom. The van der Waals surface area contributed by atoms with E-state index in [4.69, 9.17) is 14.6 Å². The SMILES string of the molecule is Cc1cccc(-n2nc(C(=O)N3CCOCC3)c3c2-c2ccccc2SC3)c1.O=CN1CCOCC1. The standard InChI is InChI=1S/C22H21N3O2S.C5H9NO2/c1-15-5-4-6-16(13-15)25-21-17-7-2-3-8-19(17)28-14-18(21)20(23-25)22(26)24-9-11-27-12-10-24;7-5-6-1-3-8-4-2-6/h2-8,13H,9-12,14H2,1H3;5H,1-4H2. The summed E-state index contributed by atoms with van der Waals surface area (Å²) in [5.74, 6) is 0.759. The molecule has 0 N–H and O–H groups in total. The summed E-state index contributed by atoms with van der Waals surface area (Å²) in [6.45, 7) is 7.38. The van der Waals surface area contributed by atoms with Crippen molar-refractivity contribution < 1.29 is 19.1 Å². The number of thioether (sulfide) groups is 1. The van der Waals surface area contributed by atoms with E-state index in [1.165, 1.54) is 10.5 Å². The average molecular weight is 507 g/mol. The number of benzene rings is 2. The van der Waals surface area contributed by atoms with Gasteiger partial charge in [-0.3, -0.25) is 9.59 Å². The fourth-order valence-electron chi connectivity index (χ4n) is 4.52. The normalized spacial score (nSPS) is 16.9. The van der Waals surface area contributed by atoms with E-state index in [9.17, 15) is 9.59 Å². The van der Waals surface area contributed by atoms with Gasteiger partial charge in [-0.15, -0.1) is 11.8 Å². The fourth-order valence-corrected chi connectivity index (χ4v) is 5.59. The molecule has 0 spiro atoms.